The molecule has 1 saturated heterocycles. The molecule has 1 aliphatic rings. The summed E-state index contributed by atoms with van der Waals surface area (Å²) in [5.41, 5.74) is 0.911. The number of carbonyl (C=O) groups excluding carboxylic acids is 1. The molecule has 0 amide bonds. The lowest BCUT2D eigenvalue weighted by atomic mass is 10.1. The molecule has 1 aromatic rings. The van der Waals surface area contributed by atoms with Gasteiger partial charge in [-0.15, -0.1) is 0 Å². The molecule has 1 heterocycles. The smallest absolute Gasteiger partial charge is 0.165 e. The third-order valence-corrected chi connectivity index (χ3v) is 3.83. The van der Waals surface area contributed by atoms with Gasteiger partial charge in [-0.3, -0.25) is 4.79 Å². The van der Waals surface area contributed by atoms with Crippen LogP contribution in [0.4, 0.5) is 0 Å². The van der Waals surface area contributed by atoms with Crippen molar-refractivity contribution in [3.63, 3.8) is 0 Å². The first kappa shape index (κ1) is 12.3. The van der Waals surface area contributed by atoms with Crippen molar-refractivity contribution in [2.45, 2.75) is 19.4 Å². The van der Waals surface area contributed by atoms with Crippen LogP contribution in [0.25, 0.3) is 0 Å². The number of ketones is 1. The second-order valence-electron chi connectivity index (χ2n) is 4.10. The van der Waals surface area contributed by atoms with Crippen molar-refractivity contribution in [2.75, 3.05) is 18.6 Å². The van der Waals surface area contributed by atoms with Crippen LogP contribution >= 0.6 is 11.8 Å². The van der Waals surface area contributed by atoms with Crippen molar-refractivity contribution in [1.82, 2.24) is 0 Å². The average Bonchev–Trinajstić information content (AvgIpc) is 2.23. The summed E-state index contributed by atoms with van der Waals surface area (Å²) in [5.74, 6) is 3.59. The van der Waals surface area contributed by atoms with Crippen molar-refractivity contribution in [2.24, 2.45) is 0 Å². The average molecular weight is 252 g/mol. The fourth-order valence-electron chi connectivity index (χ4n) is 1.71. The van der Waals surface area contributed by atoms with Crippen LogP contribution in [-0.4, -0.2) is 30.5 Å². The zero-order valence-electron chi connectivity index (χ0n) is 10.1. The fraction of sp³-hybridized carbons (Fsp3) is 0.462. The molecule has 0 unspecified atom stereocenters. The first-order valence-electron chi connectivity index (χ1n) is 5.60. The molecule has 1 fully saturated rings. The van der Waals surface area contributed by atoms with Crippen molar-refractivity contribution in [1.29, 1.82) is 0 Å². The number of benzene rings is 1. The summed E-state index contributed by atoms with van der Waals surface area (Å²) >= 11 is 1.86. The number of methoxy groups -OCH3 is 1. The van der Waals surface area contributed by atoms with Crippen LogP contribution in [0, 0.1) is 0 Å². The summed E-state index contributed by atoms with van der Waals surface area (Å²) in [6.45, 7) is 1.59. The standard InChI is InChI=1S/C13H16O3S/c1-9(14)6-10-4-3-5-12(15-2)13(10)16-11-7-17-8-11/h3-5,11H,6-8H2,1-2H3. The van der Waals surface area contributed by atoms with Gasteiger partial charge in [0.15, 0.2) is 11.5 Å². The van der Waals surface area contributed by atoms with Gasteiger partial charge in [0.1, 0.15) is 11.9 Å². The lowest BCUT2D eigenvalue weighted by Gasteiger charge is -2.27. The molecule has 1 aliphatic heterocycles. The van der Waals surface area contributed by atoms with Gasteiger partial charge in [0.2, 0.25) is 0 Å². The lowest BCUT2D eigenvalue weighted by Crippen LogP contribution is -2.31. The molecule has 0 radical (unpaired) electrons. The number of thioether (sulfide) groups is 1. The molecule has 0 bridgehead atoms. The van der Waals surface area contributed by atoms with E-state index in [9.17, 15) is 4.79 Å². The Morgan fingerprint density at radius 3 is 2.76 bits per heavy atom. The second kappa shape index (κ2) is 5.45. The van der Waals surface area contributed by atoms with Gasteiger partial charge in [-0.2, -0.15) is 11.8 Å². The number of hydrogen-bond donors (Lipinski definition) is 0. The molecule has 0 spiro atoms. The minimum absolute atomic E-state index is 0.131. The molecule has 17 heavy (non-hydrogen) atoms. The molecule has 4 heteroatoms. The van der Waals surface area contributed by atoms with E-state index in [4.69, 9.17) is 9.47 Å². The Balaban J connectivity index is 2.25. The van der Waals surface area contributed by atoms with Gasteiger partial charge in [0, 0.05) is 23.5 Å². The summed E-state index contributed by atoms with van der Waals surface area (Å²) in [4.78, 5) is 11.2. The Kier molecular flexibility index (Phi) is 3.94. The van der Waals surface area contributed by atoms with Crippen LogP contribution in [-0.2, 0) is 11.2 Å². The van der Waals surface area contributed by atoms with Gasteiger partial charge < -0.3 is 9.47 Å². The van der Waals surface area contributed by atoms with E-state index >= 15 is 0 Å². The zero-order chi connectivity index (χ0) is 12.3. The van der Waals surface area contributed by atoms with E-state index < -0.39 is 0 Å². The van der Waals surface area contributed by atoms with Gasteiger partial charge in [-0.05, 0) is 13.0 Å². The summed E-state index contributed by atoms with van der Waals surface area (Å²) < 4.78 is 11.2. The van der Waals surface area contributed by atoms with E-state index in [1.165, 1.54) is 0 Å². The Morgan fingerprint density at radius 1 is 1.47 bits per heavy atom. The highest BCUT2D eigenvalue weighted by atomic mass is 32.2. The molecule has 0 atom stereocenters. The van der Waals surface area contributed by atoms with Crippen LogP contribution in [0.5, 0.6) is 11.5 Å². The first-order valence-corrected chi connectivity index (χ1v) is 6.76. The van der Waals surface area contributed by atoms with Crippen LogP contribution in [0.1, 0.15) is 12.5 Å². The quantitative estimate of drug-likeness (QED) is 0.805. The van der Waals surface area contributed by atoms with E-state index in [0.717, 1.165) is 22.8 Å². The third kappa shape index (κ3) is 2.94. The SMILES string of the molecule is COc1cccc(CC(C)=O)c1OC1CSC1. The van der Waals surface area contributed by atoms with E-state index in [-0.39, 0.29) is 11.9 Å². The highest BCUT2D eigenvalue weighted by Gasteiger charge is 2.23. The summed E-state index contributed by atoms with van der Waals surface area (Å²) in [6, 6.07) is 5.68. The van der Waals surface area contributed by atoms with Gasteiger partial charge >= 0.3 is 0 Å². The van der Waals surface area contributed by atoms with E-state index in [0.29, 0.717) is 12.2 Å². The number of Topliss-reactive ketones (excluding diaryl/α,β-unsaturated/α-hetero) is 1. The molecule has 0 saturated carbocycles. The van der Waals surface area contributed by atoms with E-state index in [1.54, 1.807) is 14.0 Å². The van der Waals surface area contributed by atoms with Crippen LogP contribution in [0.3, 0.4) is 0 Å². The van der Waals surface area contributed by atoms with Crippen LogP contribution < -0.4 is 9.47 Å². The highest BCUT2D eigenvalue weighted by molar-refractivity contribution is 8.00. The normalized spacial score (nSPS) is 15.2. The fourth-order valence-corrected chi connectivity index (χ4v) is 2.28. The summed E-state index contributed by atoms with van der Waals surface area (Å²) in [5, 5.41) is 0. The molecule has 0 aromatic heterocycles. The molecule has 2 rings (SSSR count). The maximum atomic E-state index is 11.2. The molecular weight excluding hydrogens is 236 g/mol. The van der Waals surface area contributed by atoms with Gasteiger partial charge in [0.05, 0.1) is 7.11 Å². The van der Waals surface area contributed by atoms with Gasteiger partial charge in [-0.1, -0.05) is 12.1 Å². The van der Waals surface area contributed by atoms with Crippen LogP contribution in [0.2, 0.25) is 0 Å². The number of para-hydroxylation sites is 1. The second-order valence-corrected chi connectivity index (χ2v) is 5.18. The minimum Gasteiger partial charge on any atom is -0.493 e. The Hall–Kier alpha value is -1.16. The third-order valence-electron chi connectivity index (χ3n) is 2.61. The maximum absolute atomic E-state index is 11.2. The van der Waals surface area contributed by atoms with E-state index in [1.807, 2.05) is 30.0 Å². The number of ether oxygens (including phenoxy) is 2. The predicted molar refractivity (Wildman–Crippen MR) is 69.1 cm³/mol. The van der Waals surface area contributed by atoms with Gasteiger partial charge in [0.25, 0.3) is 0 Å². The number of hydrogen-bond acceptors (Lipinski definition) is 4. The Labute approximate surface area is 105 Å². The molecule has 1 aromatic carbocycles. The molecule has 0 N–H and O–H groups in total. The van der Waals surface area contributed by atoms with Gasteiger partial charge in [-0.25, -0.2) is 0 Å². The van der Waals surface area contributed by atoms with E-state index in [2.05, 4.69) is 0 Å². The topological polar surface area (TPSA) is 35.5 Å². The molecule has 0 aliphatic carbocycles. The summed E-state index contributed by atoms with van der Waals surface area (Å²) in [6.07, 6.45) is 0.647. The lowest BCUT2D eigenvalue weighted by molar-refractivity contribution is -0.116. The van der Waals surface area contributed by atoms with Crippen molar-refractivity contribution < 1.29 is 14.3 Å². The summed E-state index contributed by atoms with van der Waals surface area (Å²) in [7, 11) is 1.62. The predicted octanol–water partition coefficient (Wildman–Crippen LogP) is 2.32. The maximum Gasteiger partial charge on any atom is 0.165 e. The minimum atomic E-state index is 0.131. The zero-order valence-corrected chi connectivity index (χ0v) is 10.9. The van der Waals surface area contributed by atoms with Crippen molar-refractivity contribution in [3.8, 4) is 11.5 Å². The Morgan fingerprint density at radius 2 is 2.24 bits per heavy atom. The largest absolute Gasteiger partial charge is 0.493 e. The molecule has 3 nitrogen and oxygen atoms in total. The van der Waals surface area contributed by atoms with Crippen molar-refractivity contribution in [3.05, 3.63) is 23.8 Å². The molecular formula is C13H16O3S. The number of carbonyl (C=O) groups is 1. The number of rotatable bonds is 5. The first-order chi connectivity index (χ1) is 8.20. The highest BCUT2D eigenvalue weighted by Crippen LogP contribution is 2.35. The monoisotopic (exact) mass is 252 g/mol. The molecule has 92 valence electrons. The Bertz CT molecular complexity index is 413. The van der Waals surface area contributed by atoms with Crippen LogP contribution in [0.15, 0.2) is 18.2 Å². The van der Waals surface area contributed by atoms with Crippen molar-refractivity contribution >= 4 is 17.5 Å².